The van der Waals surface area contributed by atoms with Crippen LogP contribution < -0.4 is 10.9 Å². The van der Waals surface area contributed by atoms with Crippen molar-refractivity contribution in [1.82, 2.24) is 19.7 Å². The van der Waals surface area contributed by atoms with Crippen LogP contribution in [0, 0.1) is 0 Å². The molecule has 7 heteroatoms. The Balaban J connectivity index is 1.37. The van der Waals surface area contributed by atoms with E-state index < -0.39 is 0 Å². The molecule has 7 nitrogen and oxygen atoms in total. The van der Waals surface area contributed by atoms with Crippen molar-refractivity contribution in [1.29, 1.82) is 0 Å². The van der Waals surface area contributed by atoms with Crippen LogP contribution in [0.1, 0.15) is 19.3 Å². The maximum atomic E-state index is 11.7. The molecular weight excluding hydrogens is 330 g/mol. The summed E-state index contributed by atoms with van der Waals surface area (Å²) in [6.07, 6.45) is 5.04. The van der Waals surface area contributed by atoms with Gasteiger partial charge in [0.1, 0.15) is 0 Å². The van der Waals surface area contributed by atoms with Gasteiger partial charge in [0.15, 0.2) is 5.96 Å². The van der Waals surface area contributed by atoms with Crippen molar-refractivity contribution >= 4 is 5.96 Å². The zero-order valence-electron chi connectivity index (χ0n) is 15.8. The van der Waals surface area contributed by atoms with Crippen LogP contribution >= 0.6 is 0 Å². The highest BCUT2D eigenvalue weighted by Gasteiger charge is 2.30. The summed E-state index contributed by atoms with van der Waals surface area (Å²) in [5.41, 5.74) is 0.0718. The lowest BCUT2D eigenvalue weighted by atomic mass is 10.2. The fourth-order valence-corrected chi connectivity index (χ4v) is 3.76. The Morgan fingerprint density at radius 2 is 2.12 bits per heavy atom. The maximum Gasteiger partial charge on any atom is 0.250 e. The van der Waals surface area contributed by atoms with Gasteiger partial charge in [-0.2, -0.15) is 0 Å². The standard InChI is InChI=1S/C19H31N5O2/c1-20-19(21-8-3-5-10-23-9-4-2-6-18(23)25)24-11-7-17(16-24)22-12-14-26-15-13-22/h2,4,6,9,17H,3,5,7-8,10-16H2,1H3,(H,20,21). The number of aryl methyl sites for hydroxylation is 1. The molecule has 2 saturated heterocycles. The Morgan fingerprint density at radius 1 is 1.27 bits per heavy atom. The number of nitrogens with zero attached hydrogens (tertiary/aromatic N) is 4. The number of aliphatic imine (C=N–C) groups is 1. The number of guanidine groups is 1. The highest BCUT2D eigenvalue weighted by Crippen LogP contribution is 2.17. The lowest BCUT2D eigenvalue weighted by molar-refractivity contribution is 0.0195. The molecule has 0 radical (unpaired) electrons. The lowest BCUT2D eigenvalue weighted by Gasteiger charge is -2.32. The normalized spacial score (nSPS) is 22.0. The number of rotatable bonds is 6. The first-order valence-electron chi connectivity index (χ1n) is 9.71. The monoisotopic (exact) mass is 361 g/mol. The van der Waals surface area contributed by atoms with Gasteiger partial charge in [-0.05, 0) is 25.3 Å². The average Bonchev–Trinajstić information content (AvgIpc) is 3.17. The molecule has 3 heterocycles. The molecule has 0 bridgehead atoms. The van der Waals surface area contributed by atoms with Crippen molar-refractivity contribution in [3.63, 3.8) is 0 Å². The summed E-state index contributed by atoms with van der Waals surface area (Å²) in [7, 11) is 1.86. The Labute approximate surface area is 155 Å². The van der Waals surface area contributed by atoms with Gasteiger partial charge in [0.05, 0.1) is 13.2 Å². The number of ether oxygens (including phenoxy) is 1. The molecule has 1 N–H and O–H groups in total. The van der Waals surface area contributed by atoms with Gasteiger partial charge in [-0.3, -0.25) is 14.7 Å². The van der Waals surface area contributed by atoms with Crippen LogP contribution in [0.3, 0.4) is 0 Å². The van der Waals surface area contributed by atoms with E-state index in [9.17, 15) is 4.79 Å². The number of hydrogen-bond donors (Lipinski definition) is 1. The lowest BCUT2D eigenvalue weighted by Crippen LogP contribution is -2.46. The maximum absolute atomic E-state index is 11.7. The summed E-state index contributed by atoms with van der Waals surface area (Å²) in [6.45, 7) is 7.55. The fourth-order valence-electron chi connectivity index (χ4n) is 3.76. The number of pyridine rings is 1. The van der Waals surface area contributed by atoms with Crippen molar-refractivity contribution in [2.75, 3.05) is 53.0 Å². The second kappa shape index (κ2) is 9.73. The summed E-state index contributed by atoms with van der Waals surface area (Å²) < 4.78 is 7.22. The minimum atomic E-state index is 0.0718. The van der Waals surface area contributed by atoms with Gasteiger partial charge in [-0.15, -0.1) is 0 Å². The van der Waals surface area contributed by atoms with Crippen LogP contribution in [-0.2, 0) is 11.3 Å². The van der Waals surface area contributed by atoms with Crippen molar-refractivity contribution < 1.29 is 4.74 Å². The molecule has 144 valence electrons. The van der Waals surface area contributed by atoms with Gasteiger partial charge < -0.3 is 19.5 Å². The van der Waals surface area contributed by atoms with Gasteiger partial charge in [0, 0.05) is 64.6 Å². The third kappa shape index (κ3) is 5.08. The largest absolute Gasteiger partial charge is 0.379 e. The number of unbranched alkanes of at least 4 members (excludes halogenated alkanes) is 1. The van der Waals surface area contributed by atoms with E-state index in [1.54, 1.807) is 16.7 Å². The number of aromatic nitrogens is 1. The predicted molar refractivity (Wildman–Crippen MR) is 104 cm³/mol. The van der Waals surface area contributed by atoms with E-state index >= 15 is 0 Å². The Hall–Kier alpha value is -1.86. The molecule has 1 aromatic heterocycles. The molecule has 1 unspecified atom stereocenters. The first-order valence-corrected chi connectivity index (χ1v) is 9.71. The van der Waals surface area contributed by atoms with Crippen LogP contribution in [0.2, 0.25) is 0 Å². The van der Waals surface area contributed by atoms with E-state index in [1.807, 2.05) is 19.3 Å². The molecule has 3 rings (SSSR count). The second-order valence-electron chi connectivity index (χ2n) is 6.95. The minimum absolute atomic E-state index is 0.0718. The molecule has 0 spiro atoms. The molecule has 1 aromatic rings. The van der Waals surface area contributed by atoms with Crippen LogP contribution in [0.15, 0.2) is 34.2 Å². The molecule has 1 atom stereocenters. The summed E-state index contributed by atoms with van der Waals surface area (Å²) in [5, 5.41) is 3.48. The molecule has 0 aromatic carbocycles. The number of likely N-dealkylation sites (tertiary alicyclic amines) is 1. The Morgan fingerprint density at radius 3 is 2.88 bits per heavy atom. The molecule has 2 aliphatic rings. The van der Waals surface area contributed by atoms with Crippen LogP contribution in [0.4, 0.5) is 0 Å². The zero-order chi connectivity index (χ0) is 18.2. The third-order valence-corrected chi connectivity index (χ3v) is 5.24. The van der Waals surface area contributed by atoms with E-state index in [1.165, 1.54) is 6.42 Å². The van der Waals surface area contributed by atoms with E-state index in [-0.39, 0.29) is 5.56 Å². The second-order valence-corrected chi connectivity index (χ2v) is 6.95. The first-order chi connectivity index (χ1) is 12.8. The van der Waals surface area contributed by atoms with Crippen molar-refractivity contribution in [3.05, 3.63) is 34.7 Å². The van der Waals surface area contributed by atoms with E-state index in [2.05, 4.69) is 20.1 Å². The molecule has 0 saturated carbocycles. The highest BCUT2D eigenvalue weighted by molar-refractivity contribution is 5.80. The summed E-state index contributed by atoms with van der Waals surface area (Å²) in [4.78, 5) is 21.0. The molecule has 0 amide bonds. The summed E-state index contributed by atoms with van der Waals surface area (Å²) in [5.74, 6) is 0.998. The number of morpholine rings is 1. The highest BCUT2D eigenvalue weighted by atomic mass is 16.5. The molecule has 2 aliphatic heterocycles. The van der Waals surface area contributed by atoms with Gasteiger partial charge in [0.2, 0.25) is 5.56 Å². The first kappa shape index (κ1) is 18.9. The number of nitrogens with one attached hydrogen (secondary N) is 1. The SMILES string of the molecule is CN=C(NCCCCn1ccccc1=O)N1CCC(N2CCOCC2)C1. The molecular formula is C19H31N5O2. The summed E-state index contributed by atoms with van der Waals surface area (Å²) >= 11 is 0. The van der Waals surface area contributed by atoms with Gasteiger partial charge in [-0.25, -0.2) is 0 Å². The Bertz CT molecular complexity index is 639. The fraction of sp³-hybridized carbons (Fsp3) is 0.684. The van der Waals surface area contributed by atoms with Crippen LogP contribution in [-0.4, -0.2) is 79.4 Å². The van der Waals surface area contributed by atoms with Crippen LogP contribution in [0.5, 0.6) is 0 Å². The predicted octanol–water partition coefficient (Wildman–Crippen LogP) is 0.610. The minimum Gasteiger partial charge on any atom is -0.379 e. The molecule has 0 aliphatic carbocycles. The van der Waals surface area contributed by atoms with Gasteiger partial charge in [-0.1, -0.05) is 6.07 Å². The summed E-state index contributed by atoms with van der Waals surface area (Å²) in [6, 6.07) is 5.91. The smallest absolute Gasteiger partial charge is 0.250 e. The average molecular weight is 361 g/mol. The van der Waals surface area contributed by atoms with E-state index in [0.717, 1.165) is 71.3 Å². The number of hydrogen-bond acceptors (Lipinski definition) is 4. The van der Waals surface area contributed by atoms with Crippen molar-refractivity contribution in [2.24, 2.45) is 4.99 Å². The molecule has 2 fully saturated rings. The quantitative estimate of drug-likeness (QED) is 0.457. The zero-order valence-corrected chi connectivity index (χ0v) is 15.8. The third-order valence-electron chi connectivity index (χ3n) is 5.24. The van der Waals surface area contributed by atoms with E-state index in [0.29, 0.717) is 6.04 Å². The van der Waals surface area contributed by atoms with Gasteiger partial charge >= 0.3 is 0 Å². The van der Waals surface area contributed by atoms with E-state index in [4.69, 9.17) is 4.74 Å². The van der Waals surface area contributed by atoms with Crippen LogP contribution in [0.25, 0.3) is 0 Å². The molecule has 26 heavy (non-hydrogen) atoms. The Kier molecular flexibility index (Phi) is 7.08. The van der Waals surface area contributed by atoms with Gasteiger partial charge in [0.25, 0.3) is 0 Å². The van der Waals surface area contributed by atoms with Crippen molar-refractivity contribution in [2.45, 2.75) is 31.8 Å². The van der Waals surface area contributed by atoms with Crippen molar-refractivity contribution in [3.8, 4) is 0 Å². The topological polar surface area (TPSA) is 62.1 Å².